The Balaban J connectivity index is 2.07. The molecule has 3 N–H and O–H groups in total. The second-order valence-corrected chi connectivity index (χ2v) is 3.28. The molecule has 0 fully saturated rings. The van der Waals surface area contributed by atoms with E-state index in [9.17, 15) is 0 Å². The van der Waals surface area contributed by atoms with E-state index in [1.807, 2.05) is 24.3 Å². The van der Waals surface area contributed by atoms with Gasteiger partial charge < -0.3 is 20.1 Å². The molecule has 0 spiro atoms. The smallest absolute Gasteiger partial charge is 0.142 e. The minimum absolute atomic E-state index is 0.152. The normalized spacial score (nSPS) is 11.9. The molecule has 0 aliphatic carbocycles. The van der Waals surface area contributed by atoms with Crippen LogP contribution in [-0.2, 0) is 0 Å². The van der Waals surface area contributed by atoms with Gasteiger partial charge in [-0.1, -0.05) is 11.2 Å². The molecule has 1 heterocycles. The van der Waals surface area contributed by atoms with Gasteiger partial charge >= 0.3 is 0 Å². The molecule has 5 heteroatoms. The van der Waals surface area contributed by atoms with Crippen molar-refractivity contribution >= 4 is 16.8 Å². The molecule has 0 saturated heterocycles. The topological polar surface area (TPSA) is 81.0 Å². The Hall–Kier alpha value is -2.17. The lowest BCUT2D eigenvalue weighted by Gasteiger charge is -2.05. The van der Waals surface area contributed by atoms with Crippen LogP contribution in [0.4, 0.5) is 0 Å². The molecule has 1 aromatic heterocycles. The van der Waals surface area contributed by atoms with E-state index in [4.69, 9.17) is 20.1 Å². The Morgan fingerprint density at radius 3 is 3.12 bits per heavy atom. The molecule has 5 nitrogen and oxygen atoms in total. The van der Waals surface area contributed by atoms with E-state index >= 15 is 0 Å². The first-order valence-corrected chi connectivity index (χ1v) is 4.86. The third-order valence-corrected chi connectivity index (χ3v) is 2.20. The molecular weight excluding hydrogens is 208 g/mol. The highest BCUT2D eigenvalue weighted by Crippen LogP contribution is 2.26. The lowest BCUT2D eigenvalue weighted by Crippen LogP contribution is -2.15. The summed E-state index contributed by atoms with van der Waals surface area (Å²) in [7, 11) is 0. The predicted molar refractivity (Wildman–Crippen MR) is 59.7 cm³/mol. The maximum Gasteiger partial charge on any atom is 0.142 e. The van der Waals surface area contributed by atoms with Crippen LogP contribution in [0.2, 0.25) is 0 Å². The molecule has 0 aliphatic heterocycles. The number of benzene rings is 1. The average molecular weight is 220 g/mol. The largest absolute Gasteiger partial charge is 0.492 e. The lowest BCUT2D eigenvalue weighted by molar-refractivity contribution is 0.307. The van der Waals surface area contributed by atoms with E-state index in [0.717, 1.165) is 16.7 Å². The van der Waals surface area contributed by atoms with Gasteiger partial charge in [0.1, 0.15) is 17.2 Å². The van der Waals surface area contributed by atoms with Crippen LogP contribution in [0.15, 0.2) is 40.1 Å². The maximum absolute atomic E-state index is 8.36. The van der Waals surface area contributed by atoms with Crippen LogP contribution in [0, 0.1) is 0 Å². The quantitative estimate of drug-likeness (QED) is 0.357. The molecule has 16 heavy (non-hydrogen) atoms. The lowest BCUT2D eigenvalue weighted by atomic mass is 10.2. The van der Waals surface area contributed by atoms with Crippen molar-refractivity contribution in [3.8, 4) is 5.75 Å². The summed E-state index contributed by atoms with van der Waals surface area (Å²) in [6.07, 6.45) is 1.99. The minimum atomic E-state index is 0.152. The highest BCUT2D eigenvalue weighted by atomic mass is 16.5. The number of ether oxygens (including phenoxy) is 1. The molecule has 0 atom stereocenters. The first-order valence-electron chi connectivity index (χ1n) is 4.86. The molecule has 1 aromatic carbocycles. The number of amidine groups is 1. The number of hydrogen-bond donors (Lipinski definition) is 2. The third kappa shape index (κ3) is 2.08. The van der Waals surface area contributed by atoms with Gasteiger partial charge in [0.05, 0.1) is 18.3 Å². The Morgan fingerprint density at radius 1 is 1.44 bits per heavy atom. The number of nitrogens with two attached hydrogens (primary N) is 1. The summed E-state index contributed by atoms with van der Waals surface area (Å²) in [4.78, 5) is 0. The summed E-state index contributed by atoms with van der Waals surface area (Å²) in [6, 6.07) is 7.41. The van der Waals surface area contributed by atoms with Crippen LogP contribution in [0.1, 0.15) is 6.42 Å². The first-order chi connectivity index (χ1) is 7.81. The zero-order chi connectivity index (χ0) is 11.4. The minimum Gasteiger partial charge on any atom is -0.492 e. The summed E-state index contributed by atoms with van der Waals surface area (Å²) in [5.74, 6) is 0.886. The van der Waals surface area contributed by atoms with E-state index < -0.39 is 0 Å². The monoisotopic (exact) mass is 220 g/mol. The molecular formula is C11H12N2O3. The fraction of sp³-hybridized carbons (Fsp3) is 0.182. The van der Waals surface area contributed by atoms with Crippen molar-refractivity contribution in [3.05, 3.63) is 30.5 Å². The van der Waals surface area contributed by atoms with Crippen molar-refractivity contribution in [2.75, 3.05) is 6.61 Å². The van der Waals surface area contributed by atoms with Gasteiger partial charge in [-0.25, -0.2) is 0 Å². The van der Waals surface area contributed by atoms with Gasteiger partial charge in [0.15, 0.2) is 0 Å². The molecule has 2 rings (SSSR count). The van der Waals surface area contributed by atoms with Gasteiger partial charge in [-0.2, -0.15) is 0 Å². The van der Waals surface area contributed by atoms with Crippen molar-refractivity contribution in [1.82, 2.24) is 0 Å². The summed E-state index contributed by atoms with van der Waals surface area (Å²) in [6.45, 7) is 0.361. The van der Waals surface area contributed by atoms with Gasteiger partial charge in [-0.05, 0) is 18.2 Å². The number of hydrogen-bond acceptors (Lipinski definition) is 4. The van der Waals surface area contributed by atoms with Gasteiger partial charge in [-0.3, -0.25) is 0 Å². The fourth-order valence-corrected chi connectivity index (χ4v) is 1.41. The number of fused-ring (bicyclic) bond motifs is 1. The van der Waals surface area contributed by atoms with Crippen LogP contribution in [0.25, 0.3) is 11.0 Å². The fourth-order valence-electron chi connectivity index (χ4n) is 1.41. The van der Waals surface area contributed by atoms with E-state index in [0.29, 0.717) is 13.0 Å². The van der Waals surface area contributed by atoms with Crippen LogP contribution < -0.4 is 10.5 Å². The first kappa shape index (κ1) is 10.4. The van der Waals surface area contributed by atoms with E-state index in [1.165, 1.54) is 0 Å². The zero-order valence-corrected chi connectivity index (χ0v) is 8.59. The van der Waals surface area contributed by atoms with E-state index in [-0.39, 0.29) is 5.84 Å². The summed E-state index contributed by atoms with van der Waals surface area (Å²) in [5, 5.41) is 12.1. The standard InChI is InChI=1S/C11H12N2O3/c12-11(13-14)5-7-16-10-3-1-2-9-8(10)4-6-15-9/h1-4,6,14H,5,7H2,(H2,12,13). The van der Waals surface area contributed by atoms with Gasteiger partial charge in [-0.15, -0.1) is 0 Å². The van der Waals surface area contributed by atoms with Gasteiger partial charge in [0.25, 0.3) is 0 Å². The Labute approximate surface area is 92.1 Å². The number of furan rings is 1. The van der Waals surface area contributed by atoms with Gasteiger partial charge in [0.2, 0.25) is 0 Å². The Morgan fingerprint density at radius 2 is 2.31 bits per heavy atom. The molecule has 0 radical (unpaired) electrons. The second kappa shape index (κ2) is 4.57. The van der Waals surface area contributed by atoms with Crippen LogP contribution in [-0.4, -0.2) is 17.6 Å². The van der Waals surface area contributed by atoms with E-state index in [1.54, 1.807) is 6.26 Å². The molecule has 0 saturated carbocycles. The second-order valence-electron chi connectivity index (χ2n) is 3.28. The highest BCUT2D eigenvalue weighted by molar-refractivity contribution is 5.84. The van der Waals surface area contributed by atoms with Crippen molar-refractivity contribution < 1.29 is 14.4 Å². The Bertz CT molecular complexity index is 505. The number of nitrogens with zero attached hydrogens (tertiary/aromatic N) is 1. The summed E-state index contributed by atoms with van der Waals surface area (Å²) in [5.41, 5.74) is 6.11. The molecule has 2 aromatic rings. The zero-order valence-electron chi connectivity index (χ0n) is 8.59. The molecule has 0 unspecified atom stereocenters. The molecule has 84 valence electrons. The van der Waals surface area contributed by atoms with Crippen LogP contribution >= 0.6 is 0 Å². The van der Waals surface area contributed by atoms with Crippen molar-refractivity contribution in [1.29, 1.82) is 0 Å². The molecule has 0 bridgehead atoms. The van der Waals surface area contributed by atoms with Crippen molar-refractivity contribution in [3.63, 3.8) is 0 Å². The number of oxime groups is 1. The molecule has 0 amide bonds. The highest BCUT2D eigenvalue weighted by Gasteiger charge is 2.04. The average Bonchev–Trinajstić information content (AvgIpc) is 2.77. The van der Waals surface area contributed by atoms with Crippen LogP contribution in [0.3, 0.4) is 0 Å². The van der Waals surface area contributed by atoms with E-state index in [2.05, 4.69) is 5.16 Å². The SMILES string of the molecule is NC(CCOc1cccc2occc12)=NO. The third-order valence-electron chi connectivity index (χ3n) is 2.20. The Kier molecular flexibility index (Phi) is 2.95. The predicted octanol–water partition coefficient (Wildman–Crippen LogP) is 1.95. The summed E-state index contributed by atoms with van der Waals surface area (Å²) < 4.78 is 10.8. The van der Waals surface area contributed by atoms with Crippen molar-refractivity contribution in [2.45, 2.75) is 6.42 Å². The van der Waals surface area contributed by atoms with Crippen LogP contribution in [0.5, 0.6) is 5.75 Å². The molecule has 0 aliphatic rings. The van der Waals surface area contributed by atoms with Crippen molar-refractivity contribution in [2.24, 2.45) is 10.9 Å². The maximum atomic E-state index is 8.36. The number of rotatable bonds is 4. The van der Waals surface area contributed by atoms with Gasteiger partial charge in [0, 0.05) is 6.42 Å². The summed E-state index contributed by atoms with van der Waals surface area (Å²) >= 11 is 0.